The van der Waals surface area contributed by atoms with E-state index in [1.807, 2.05) is 30.3 Å². The van der Waals surface area contributed by atoms with Crippen molar-refractivity contribution in [3.8, 4) is 0 Å². The maximum atomic E-state index is 13.6. The molecule has 3 N–H and O–H groups in total. The number of carbonyl (C=O) groups is 1. The van der Waals surface area contributed by atoms with Crippen LogP contribution in [0.15, 0.2) is 59.5 Å². The third kappa shape index (κ3) is 6.58. The van der Waals surface area contributed by atoms with Crippen LogP contribution in [0.25, 0.3) is 0 Å². The molecule has 7 heteroatoms. The largest absolute Gasteiger partial charge is 0.444 e. The van der Waals surface area contributed by atoms with Gasteiger partial charge in [0.15, 0.2) is 0 Å². The van der Waals surface area contributed by atoms with Gasteiger partial charge in [-0.15, -0.1) is 0 Å². The zero-order chi connectivity index (χ0) is 20.4. The lowest BCUT2D eigenvalue weighted by molar-refractivity contribution is 0.146. The standard InChI is InChI=1S/C21H29N3O3S/c1-3-24(4-2)15-8-16-28(26,20-13-11-19(22)12-14-20)23-21(25)27-17-18-9-6-5-7-10-18/h5-7,9-14,16H,3-4,8,15,17,22H2,1-2H3,(H,23,25,26). The Morgan fingerprint density at radius 1 is 1.11 bits per heavy atom. The van der Waals surface area contributed by atoms with E-state index in [-0.39, 0.29) is 6.61 Å². The molecule has 0 aliphatic carbocycles. The number of nitrogen functional groups attached to an aromatic ring is 1. The van der Waals surface area contributed by atoms with Crippen molar-refractivity contribution in [3.05, 3.63) is 60.2 Å². The zero-order valence-corrected chi connectivity index (χ0v) is 17.3. The van der Waals surface area contributed by atoms with Gasteiger partial charge >= 0.3 is 6.09 Å². The highest BCUT2D eigenvalue weighted by molar-refractivity contribution is 8.00. The Morgan fingerprint density at radius 2 is 1.75 bits per heavy atom. The second kappa shape index (κ2) is 10.7. The van der Waals surface area contributed by atoms with Gasteiger partial charge in [-0.2, -0.15) is 0 Å². The number of hydrogen-bond acceptors (Lipinski definition) is 5. The summed E-state index contributed by atoms with van der Waals surface area (Å²) in [5, 5.41) is 1.67. The van der Waals surface area contributed by atoms with Crippen molar-refractivity contribution in [1.29, 1.82) is 0 Å². The van der Waals surface area contributed by atoms with Crippen molar-refractivity contribution in [2.45, 2.75) is 31.8 Å². The van der Waals surface area contributed by atoms with Crippen LogP contribution in [0.5, 0.6) is 0 Å². The fourth-order valence-electron chi connectivity index (χ4n) is 2.68. The van der Waals surface area contributed by atoms with Gasteiger partial charge in [-0.25, -0.2) is 13.7 Å². The van der Waals surface area contributed by atoms with Gasteiger partial charge in [0.05, 0.1) is 14.6 Å². The molecule has 0 heterocycles. The predicted molar refractivity (Wildman–Crippen MR) is 115 cm³/mol. The third-order valence-electron chi connectivity index (χ3n) is 4.37. The van der Waals surface area contributed by atoms with E-state index in [0.717, 1.165) is 25.2 Å². The Balaban J connectivity index is 2.14. The summed E-state index contributed by atoms with van der Waals surface area (Å²) in [6, 6.07) is 16.0. The molecule has 2 aromatic carbocycles. The summed E-state index contributed by atoms with van der Waals surface area (Å²) in [4.78, 5) is 15.0. The Hall–Kier alpha value is -2.51. The van der Waals surface area contributed by atoms with Crippen molar-refractivity contribution in [2.75, 3.05) is 25.4 Å². The molecule has 6 nitrogen and oxygen atoms in total. The topological polar surface area (TPSA) is 84.7 Å². The number of rotatable bonds is 9. The lowest BCUT2D eigenvalue weighted by atomic mass is 10.2. The summed E-state index contributed by atoms with van der Waals surface area (Å²) in [5.41, 5.74) is 7.17. The van der Waals surface area contributed by atoms with E-state index in [1.54, 1.807) is 29.6 Å². The number of nitrogens with two attached hydrogens (primary N) is 1. The lowest BCUT2D eigenvalue weighted by Gasteiger charge is -2.18. The maximum Gasteiger partial charge on any atom is 0.419 e. The average molecular weight is 404 g/mol. The molecule has 0 aromatic heterocycles. The monoisotopic (exact) mass is 403 g/mol. The van der Waals surface area contributed by atoms with Gasteiger partial charge in [0.1, 0.15) is 6.61 Å². The van der Waals surface area contributed by atoms with Crippen LogP contribution in [0.1, 0.15) is 25.8 Å². The first-order valence-corrected chi connectivity index (χ1v) is 11.0. The fraction of sp³-hybridized carbons (Fsp3) is 0.333. The average Bonchev–Trinajstić information content (AvgIpc) is 2.71. The second-order valence-corrected chi connectivity index (χ2v) is 8.53. The molecule has 0 saturated carbocycles. The Kier molecular flexibility index (Phi) is 8.35. The molecule has 1 unspecified atom stereocenters. The Morgan fingerprint density at radius 3 is 2.36 bits per heavy atom. The summed E-state index contributed by atoms with van der Waals surface area (Å²) in [6.45, 7) is 6.88. The number of carbonyl (C=O) groups excluding carboxylic acids is 1. The molecular formula is C21H29N3O3S. The minimum Gasteiger partial charge on any atom is -0.444 e. The molecule has 0 radical (unpaired) electrons. The highest BCUT2D eigenvalue weighted by Crippen LogP contribution is 2.13. The molecule has 2 aromatic rings. The summed E-state index contributed by atoms with van der Waals surface area (Å²) >= 11 is 0. The smallest absolute Gasteiger partial charge is 0.419 e. The van der Waals surface area contributed by atoms with Crippen LogP contribution in [0, 0.1) is 0 Å². The number of nitrogens with one attached hydrogen (secondary N) is 1. The summed E-state index contributed by atoms with van der Waals surface area (Å²) < 4.78 is 21.4. The number of anilines is 1. The van der Waals surface area contributed by atoms with Crippen molar-refractivity contribution in [3.63, 3.8) is 0 Å². The van der Waals surface area contributed by atoms with Gasteiger partial charge in [-0.3, -0.25) is 0 Å². The third-order valence-corrected chi connectivity index (χ3v) is 6.52. The molecule has 0 aliphatic rings. The van der Waals surface area contributed by atoms with Gasteiger partial charge in [-0.1, -0.05) is 44.2 Å². The Bertz CT molecular complexity index is 856. The van der Waals surface area contributed by atoms with Gasteiger partial charge in [0.25, 0.3) is 0 Å². The molecule has 0 saturated heterocycles. The number of amides is 1. The molecule has 0 bridgehead atoms. The van der Waals surface area contributed by atoms with Crippen LogP contribution in [-0.4, -0.2) is 40.2 Å². The number of hydrogen-bond donors (Lipinski definition) is 2. The van der Waals surface area contributed by atoms with Crippen LogP contribution in [0.4, 0.5) is 10.5 Å². The van der Waals surface area contributed by atoms with E-state index in [9.17, 15) is 9.00 Å². The molecule has 1 amide bonds. The first kappa shape index (κ1) is 21.8. The summed E-state index contributed by atoms with van der Waals surface area (Å²) in [7, 11) is -2.93. The summed E-state index contributed by atoms with van der Waals surface area (Å²) in [5.74, 6) is 0. The van der Waals surface area contributed by atoms with Crippen molar-refractivity contribution in [2.24, 2.45) is 0 Å². The molecule has 2 rings (SSSR count). The number of nitrogens with zero attached hydrogens (tertiary/aromatic N) is 1. The van der Waals surface area contributed by atoms with E-state index >= 15 is 0 Å². The van der Waals surface area contributed by atoms with Crippen LogP contribution in [0.3, 0.4) is 0 Å². The van der Waals surface area contributed by atoms with Crippen LogP contribution in [-0.2, 0) is 21.1 Å². The van der Waals surface area contributed by atoms with E-state index in [1.165, 1.54) is 0 Å². The molecule has 152 valence electrons. The lowest BCUT2D eigenvalue weighted by Crippen LogP contribution is -2.33. The molecule has 0 aliphatic heterocycles. The first-order chi connectivity index (χ1) is 13.5. The number of ether oxygens (including phenoxy) is 1. The van der Waals surface area contributed by atoms with Gasteiger partial charge in [0.2, 0.25) is 0 Å². The molecule has 0 fully saturated rings. The minimum absolute atomic E-state index is 0.114. The van der Waals surface area contributed by atoms with Gasteiger partial charge in [0, 0.05) is 12.2 Å². The number of benzene rings is 2. The predicted octanol–water partition coefficient (Wildman–Crippen LogP) is 3.29. The minimum atomic E-state index is -2.93. The molecular weight excluding hydrogens is 374 g/mol. The fourth-order valence-corrected chi connectivity index (χ4v) is 4.36. The van der Waals surface area contributed by atoms with E-state index < -0.39 is 15.8 Å². The van der Waals surface area contributed by atoms with Crippen molar-refractivity contribution >= 4 is 26.9 Å². The normalized spacial score (nSPS) is 13.0. The van der Waals surface area contributed by atoms with Crippen molar-refractivity contribution in [1.82, 2.24) is 9.62 Å². The van der Waals surface area contributed by atoms with E-state index in [2.05, 4.69) is 23.5 Å². The van der Waals surface area contributed by atoms with E-state index in [0.29, 0.717) is 17.0 Å². The van der Waals surface area contributed by atoms with E-state index in [4.69, 9.17) is 10.5 Å². The van der Waals surface area contributed by atoms with Crippen LogP contribution in [0.2, 0.25) is 0 Å². The second-order valence-electron chi connectivity index (χ2n) is 6.32. The van der Waals surface area contributed by atoms with Crippen LogP contribution >= 0.6 is 0 Å². The van der Waals surface area contributed by atoms with Crippen LogP contribution < -0.4 is 10.5 Å². The first-order valence-electron chi connectivity index (χ1n) is 9.40. The quantitative estimate of drug-likeness (QED) is 0.496. The highest BCUT2D eigenvalue weighted by Gasteiger charge is 2.16. The highest BCUT2D eigenvalue weighted by atomic mass is 32.2. The molecule has 1 atom stereocenters. The summed E-state index contributed by atoms with van der Waals surface area (Å²) in [6.07, 6.45) is -0.145. The molecule has 28 heavy (non-hydrogen) atoms. The van der Waals surface area contributed by atoms with Crippen molar-refractivity contribution < 1.29 is 13.7 Å². The van der Waals surface area contributed by atoms with Gasteiger partial charge in [-0.05, 0) is 54.7 Å². The molecule has 0 spiro atoms. The Labute approximate surface area is 167 Å². The zero-order valence-electron chi connectivity index (χ0n) is 16.5. The van der Waals surface area contributed by atoms with Gasteiger partial charge < -0.3 is 15.4 Å². The maximum absolute atomic E-state index is 13.6. The SMILES string of the molecule is CCN(CC)CCC=S(=O)(NC(=O)OCc1ccccc1)c1ccc(N)cc1.